The van der Waals surface area contributed by atoms with Crippen LogP contribution >= 0.6 is 0 Å². The minimum absolute atomic E-state index is 0.303. The number of pyridine rings is 1. The number of nitrogens with one attached hydrogen (secondary N) is 1. The molecule has 104 valence electrons. The summed E-state index contributed by atoms with van der Waals surface area (Å²) in [5.41, 5.74) is 7.48. The molecule has 0 unspecified atom stereocenters. The molecule has 0 atom stereocenters. The van der Waals surface area contributed by atoms with Crippen LogP contribution in [0.5, 0.6) is 0 Å². The monoisotopic (exact) mass is 279 g/mol. The highest BCUT2D eigenvalue weighted by Gasteiger charge is 2.11. The van der Waals surface area contributed by atoms with Gasteiger partial charge in [0, 0.05) is 12.4 Å². The normalized spacial score (nSPS) is 10.3. The third-order valence-corrected chi connectivity index (χ3v) is 2.94. The van der Waals surface area contributed by atoms with Gasteiger partial charge in [0.05, 0.1) is 23.1 Å². The van der Waals surface area contributed by atoms with E-state index in [1.165, 1.54) is 6.20 Å². The van der Waals surface area contributed by atoms with Gasteiger partial charge in [-0.25, -0.2) is 9.67 Å². The first-order valence-corrected chi connectivity index (χ1v) is 6.36. The number of rotatable bonds is 3. The Balaban J connectivity index is 1.80. The first kappa shape index (κ1) is 12.9. The lowest BCUT2D eigenvalue weighted by molar-refractivity contribution is 0.102. The molecule has 2 heterocycles. The lowest BCUT2D eigenvalue weighted by atomic mass is 10.3. The molecule has 1 aromatic carbocycles. The number of aromatic nitrogens is 3. The zero-order chi connectivity index (χ0) is 14.7. The predicted octanol–water partition coefficient (Wildman–Crippen LogP) is 2.10. The highest BCUT2D eigenvalue weighted by molar-refractivity contribution is 6.04. The van der Waals surface area contributed by atoms with Crippen LogP contribution in [-0.4, -0.2) is 20.7 Å². The molecule has 1 amide bonds. The summed E-state index contributed by atoms with van der Waals surface area (Å²) in [6.07, 6.45) is 4.73. The van der Waals surface area contributed by atoms with Crippen molar-refractivity contribution in [2.75, 3.05) is 11.1 Å². The molecule has 0 bridgehead atoms. The van der Waals surface area contributed by atoms with Crippen molar-refractivity contribution in [1.82, 2.24) is 14.8 Å². The number of nitrogens with zero attached hydrogens (tertiary/aromatic N) is 3. The molecule has 0 radical (unpaired) electrons. The standard InChI is InChI=1S/C15H13N5O/c16-13-7-4-8-17-14(13)19-15(21)11-9-18-20(10-11)12-5-2-1-3-6-12/h1-10H,16H2,(H,17,19,21). The van der Waals surface area contributed by atoms with Crippen LogP contribution in [0.25, 0.3) is 5.69 Å². The molecule has 0 aliphatic carbocycles. The average Bonchev–Trinajstić information content (AvgIpc) is 3.00. The molecule has 21 heavy (non-hydrogen) atoms. The highest BCUT2D eigenvalue weighted by atomic mass is 16.1. The van der Waals surface area contributed by atoms with E-state index in [1.54, 1.807) is 29.2 Å². The third kappa shape index (κ3) is 2.74. The Morgan fingerprint density at radius 3 is 2.71 bits per heavy atom. The molecule has 0 saturated carbocycles. The van der Waals surface area contributed by atoms with Gasteiger partial charge in [-0.1, -0.05) is 18.2 Å². The Morgan fingerprint density at radius 1 is 1.14 bits per heavy atom. The second-order valence-electron chi connectivity index (χ2n) is 4.40. The van der Waals surface area contributed by atoms with Gasteiger partial charge < -0.3 is 11.1 Å². The van der Waals surface area contributed by atoms with E-state index < -0.39 is 0 Å². The third-order valence-electron chi connectivity index (χ3n) is 2.94. The number of benzene rings is 1. The first-order valence-electron chi connectivity index (χ1n) is 6.36. The van der Waals surface area contributed by atoms with E-state index in [1.807, 2.05) is 30.3 Å². The van der Waals surface area contributed by atoms with Crippen LogP contribution in [0, 0.1) is 0 Å². The fourth-order valence-electron chi connectivity index (χ4n) is 1.86. The van der Waals surface area contributed by atoms with Crippen molar-refractivity contribution >= 4 is 17.4 Å². The minimum atomic E-state index is -0.303. The topological polar surface area (TPSA) is 85.8 Å². The molecule has 6 heteroatoms. The molecule has 6 nitrogen and oxygen atoms in total. The maximum absolute atomic E-state index is 12.2. The Labute approximate surface area is 121 Å². The summed E-state index contributed by atoms with van der Waals surface area (Å²) >= 11 is 0. The van der Waals surface area contributed by atoms with Gasteiger partial charge >= 0.3 is 0 Å². The van der Waals surface area contributed by atoms with Crippen molar-refractivity contribution in [2.45, 2.75) is 0 Å². The van der Waals surface area contributed by atoms with Crippen LogP contribution in [0.2, 0.25) is 0 Å². The number of nitrogens with two attached hydrogens (primary N) is 1. The summed E-state index contributed by atoms with van der Waals surface area (Å²) in [4.78, 5) is 16.2. The van der Waals surface area contributed by atoms with Gasteiger partial charge in [-0.2, -0.15) is 5.10 Å². The summed E-state index contributed by atoms with van der Waals surface area (Å²) in [5, 5.41) is 6.84. The van der Waals surface area contributed by atoms with Crippen LogP contribution < -0.4 is 11.1 Å². The van der Waals surface area contributed by atoms with E-state index in [4.69, 9.17) is 5.73 Å². The highest BCUT2D eigenvalue weighted by Crippen LogP contribution is 2.15. The zero-order valence-corrected chi connectivity index (χ0v) is 11.1. The Morgan fingerprint density at radius 2 is 1.95 bits per heavy atom. The lowest BCUT2D eigenvalue weighted by Crippen LogP contribution is -2.13. The van der Waals surface area contributed by atoms with Crippen LogP contribution in [0.4, 0.5) is 11.5 Å². The van der Waals surface area contributed by atoms with E-state index in [0.29, 0.717) is 17.1 Å². The Bertz CT molecular complexity index is 766. The van der Waals surface area contributed by atoms with Gasteiger partial charge in [0.15, 0.2) is 5.82 Å². The maximum atomic E-state index is 12.2. The van der Waals surface area contributed by atoms with Gasteiger partial charge in [-0.05, 0) is 24.3 Å². The molecule has 0 aliphatic heterocycles. The van der Waals surface area contributed by atoms with Crippen LogP contribution in [0.15, 0.2) is 61.1 Å². The van der Waals surface area contributed by atoms with Gasteiger partial charge in [0.25, 0.3) is 5.91 Å². The van der Waals surface area contributed by atoms with Gasteiger partial charge in [-0.15, -0.1) is 0 Å². The molecule has 0 aliphatic rings. The van der Waals surface area contributed by atoms with E-state index in [-0.39, 0.29) is 5.91 Å². The van der Waals surface area contributed by atoms with Crippen molar-refractivity contribution in [3.63, 3.8) is 0 Å². The van der Waals surface area contributed by atoms with Crippen molar-refractivity contribution in [3.05, 3.63) is 66.6 Å². The number of amides is 1. The predicted molar refractivity (Wildman–Crippen MR) is 80.2 cm³/mol. The summed E-state index contributed by atoms with van der Waals surface area (Å²) in [6, 6.07) is 12.9. The molecule has 3 aromatic rings. The SMILES string of the molecule is Nc1cccnc1NC(=O)c1cnn(-c2ccccc2)c1. The van der Waals surface area contributed by atoms with Gasteiger partial charge in [-0.3, -0.25) is 4.79 Å². The Hall–Kier alpha value is -3.15. The quantitative estimate of drug-likeness (QED) is 0.768. The molecule has 0 saturated heterocycles. The first-order chi connectivity index (χ1) is 10.2. The minimum Gasteiger partial charge on any atom is -0.396 e. The lowest BCUT2D eigenvalue weighted by Gasteiger charge is -2.04. The fourth-order valence-corrected chi connectivity index (χ4v) is 1.86. The van der Waals surface area contributed by atoms with E-state index >= 15 is 0 Å². The molecule has 0 spiro atoms. The number of carbonyl (C=O) groups excluding carboxylic acids is 1. The summed E-state index contributed by atoms with van der Waals surface area (Å²) in [7, 11) is 0. The number of anilines is 2. The molecular formula is C15H13N5O. The van der Waals surface area contributed by atoms with Gasteiger partial charge in [0.1, 0.15) is 0 Å². The number of nitrogen functional groups attached to an aromatic ring is 1. The second kappa shape index (κ2) is 5.46. The van der Waals surface area contributed by atoms with Crippen LogP contribution in [-0.2, 0) is 0 Å². The fraction of sp³-hybridized carbons (Fsp3) is 0. The van der Waals surface area contributed by atoms with E-state index in [2.05, 4.69) is 15.4 Å². The largest absolute Gasteiger partial charge is 0.396 e. The maximum Gasteiger partial charge on any atom is 0.260 e. The molecular weight excluding hydrogens is 266 g/mol. The smallest absolute Gasteiger partial charge is 0.260 e. The van der Waals surface area contributed by atoms with Crippen molar-refractivity contribution in [1.29, 1.82) is 0 Å². The zero-order valence-electron chi connectivity index (χ0n) is 11.1. The van der Waals surface area contributed by atoms with E-state index in [9.17, 15) is 4.79 Å². The number of para-hydroxylation sites is 1. The summed E-state index contributed by atoms with van der Waals surface area (Å²) in [6.45, 7) is 0. The molecule has 0 fully saturated rings. The Kier molecular flexibility index (Phi) is 3.34. The summed E-state index contributed by atoms with van der Waals surface area (Å²) < 4.78 is 1.64. The number of hydrogen-bond donors (Lipinski definition) is 2. The molecule has 3 N–H and O–H groups in total. The van der Waals surface area contributed by atoms with Crippen molar-refractivity contribution < 1.29 is 4.79 Å². The second-order valence-corrected chi connectivity index (χ2v) is 4.40. The van der Waals surface area contributed by atoms with Crippen LogP contribution in [0.1, 0.15) is 10.4 Å². The van der Waals surface area contributed by atoms with Gasteiger partial charge in [0.2, 0.25) is 0 Å². The summed E-state index contributed by atoms with van der Waals surface area (Å²) in [5.74, 6) is 0.0394. The van der Waals surface area contributed by atoms with E-state index in [0.717, 1.165) is 5.69 Å². The average molecular weight is 279 g/mol. The van der Waals surface area contributed by atoms with Crippen LogP contribution in [0.3, 0.4) is 0 Å². The van der Waals surface area contributed by atoms with Crippen molar-refractivity contribution in [3.8, 4) is 5.69 Å². The molecule has 2 aromatic heterocycles. The number of hydrogen-bond acceptors (Lipinski definition) is 4. The molecule has 3 rings (SSSR count). The van der Waals surface area contributed by atoms with Crippen molar-refractivity contribution in [2.24, 2.45) is 0 Å². The number of carbonyl (C=O) groups is 1.